The van der Waals surface area contributed by atoms with E-state index in [1.165, 1.54) is 77.0 Å². The first kappa shape index (κ1) is 56.7. The molecule has 1 fully saturated rings. The number of phosphoric ester groups is 1. The second kappa shape index (κ2) is 38.2. The number of phosphoric acid groups is 1. The van der Waals surface area contributed by atoms with Crippen LogP contribution in [0.1, 0.15) is 181 Å². The van der Waals surface area contributed by atoms with E-state index in [9.17, 15) is 19.0 Å². The summed E-state index contributed by atoms with van der Waals surface area (Å²) in [6.07, 6.45) is 48.7. The van der Waals surface area contributed by atoms with Gasteiger partial charge in [-0.3, -0.25) is 18.6 Å². The number of unbranched alkanes of at least 4 members (excludes halogenated alkanes) is 16. The highest BCUT2D eigenvalue weighted by Gasteiger charge is 2.36. The molecule has 1 N–H and O–H groups in total. The first-order valence-electron chi connectivity index (χ1n) is 24.1. The van der Waals surface area contributed by atoms with Gasteiger partial charge in [0.15, 0.2) is 6.10 Å². The van der Waals surface area contributed by atoms with Crippen LogP contribution in [0.2, 0.25) is 0 Å². The van der Waals surface area contributed by atoms with Crippen molar-refractivity contribution in [1.82, 2.24) is 0 Å². The first-order chi connectivity index (χ1) is 29.5. The van der Waals surface area contributed by atoms with Crippen molar-refractivity contribution in [3.05, 3.63) is 60.8 Å². The van der Waals surface area contributed by atoms with E-state index in [0.717, 1.165) is 64.2 Å². The van der Waals surface area contributed by atoms with E-state index in [4.69, 9.17) is 23.3 Å². The highest BCUT2D eigenvalue weighted by atomic mass is 31.2. The van der Waals surface area contributed by atoms with Gasteiger partial charge in [-0.25, -0.2) is 4.57 Å². The van der Waals surface area contributed by atoms with Crippen LogP contribution in [-0.2, 0) is 37.4 Å². The minimum absolute atomic E-state index is 0.0154. The Morgan fingerprint density at radius 2 is 1.05 bits per heavy atom. The number of allylic oxidation sites excluding steroid dienone is 8. The number of carbonyl (C=O) groups excluding carboxylic acids is 2. The number of hydrogen-bond donors (Lipinski definition) is 1. The quantitative estimate of drug-likeness (QED) is 0.0159. The number of carbonyl (C=O) groups is 2. The zero-order chi connectivity index (χ0) is 44.7. The molecule has 0 aromatic carbocycles. The van der Waals surface area contributed by atoms with Crippen molar-refractivity contribution in [1.29, 1.82) is 0 Å². The zero-order valence-corrected chi connectivity index (χ0v) is 40.2. The molecular formula is C50H89NO9P+. The summed E-state index contributed by atoms with van der Waals surface area (Å²) in [4.78, 5) is 35.5. The number of rotatable bonds is 42. The average molecular weight is 879 g/mol. The maximum atomic E-state index is 12.7. The van der Waals surface area contributed by atoms with Gasteiger partial charge in [0.2, 0.25) is 0 Å². The van der Waals surface area contributed by atoms with E-state index >= 15 is 0 Å². The molecule has 1 aliphatic rings. The molecule has 0 saturated carbocycles. The molecule has 0 aromatic rings. The van der Waals surface area contributed by atoms with Gasteiger partial charge in [0.1, 0.15) is 19.8 Å². The van der Waals surface area contributed by atoms with Gasteiger partial charge in [-0.05, 0) is 83.5 Å². The van der Waals surface area contributed by atoms with E-state index in [1.807, 2.05) is 21.1 Å². The number of nitrogens with zero attached hydrogens (tertiary/aromatic N) is 1. The van der Waals surface area contributed by atoms with Crippen molar-refractivity contribution in [2.75, 3.05) is 47.5 Å². The third kappa shape index (κ3) is 39.0. The third-order valence-corrected chi connectivity index (χ3v) is 11.4. The molecule has 61 heavy (non-hydrogen) atoms. The number of likely N-dealkylation sites (N-methyl/N-ethyl adjacent to an activating group) is 1. The summed E-state index contributed by atoms with van der Waals surface area (Å²) >= 11 is 0. The molecule has 1 rings (SSSR count). The summed E-state index contributed by atoms with van der Waals surface area (Å²) in [6, 6.07) is 0. The molecule has 0 amide bonds. The fourth-order valence-corrected chi connectivity index (χ4v) is 7.23. The Bertz CT molecular complexity index is 1290. The second-order valence-electron chi connectivity index (χ2n) is 17.5. The predicted octanol–water partition coefficient (Wildman–Crippen LogP) is 13.0. The molecule has 0 radical (unpaired) electrons. The Labute approximate surface area is 372 Å². The van der Waals surface area contributed by atoms with E-state index < -0.39 is 32.5 Å². The van der Waals surface area contributed by atoms with Crippen LogP contribution in [0.25, 0.3) is 0 Å². The highest BCUT2D eigenvalue weighted by Crippen LogP contribution is 2.43. The Morgan fingerprint density at radius 1 is 0.590 bits per heavy atom. The normalized spacial score (nSPS) is 17.3. The second-order valence-corrected chi connectivity index (χ2v) is 19.0. The maximum Gasteiger partial charge on any atom is 0.472 e. The number of epoxide rings is 1. The molecular weight excluding hydrogens is 790 g/mol. The molecule has 1 heterocycles. The van der Waals surface area contributed by atoms with Crippen LogP contribution in [0, 0.1) is 0 Å². The van der Waals surface area contributed by atoms with Gasteiger partial charge < -0.3 is 23.6 Å². The smallest absolute Gasteiger partial charge is 0.462 e. The first-order valence-corrected chi connectivity index (χ1v) is 25.6. The Balaban J connectivity index is 2.29. The van der Waals surface area contributed by atoms with E-state index in [2.05, 4.69) is 74.6 Å². The molecule has 1 saturated heterocycles. The van der Waals surface area contributed by atoms with E-state index in [1.54, 1.807) is 0 Å². The van der Waals surface area contributed by atoms with Gasteiger partial charge >= 0.3 is 19.8 Å². The van der Waals surface area contributed by atoms with Crippen LogP contribution in [0.5, 0.6) is 0 Å². The van der Waals surface area contributed by atoms with Crippen molar-refractivity contribution in [2.45, 2.75) is 199 Å². The number of esters is 2. The van der Waals surface area contributed by atoms with Crippen molar-refractivity contribution >= 4 is 19.8 Å². The minimum atomic E-state index is -4.40. The van der Waals surface area contributed by atoms with Crippen LogP contribution in [0.15, 0.2) is 60.8 Å². The maximum absolute atomic E-state index is 12.7. The summed E-state index contributed by atoms with van der Waals surface area (Å²) in [7, 11) is 1.42. The summed E-state index contributed by atoms with van der Waals surface area (Å²) in [5.74, 6) is -0.879. The van der Waals surface area contributed by atoms with Crippen LogP contribution >= 0.6 is 7.82 Å². The van der Waals surface area contributed by atoms with Gasteiger partial charge in [-0.1, -0.05) is 145 Å². The number of quaternary nitrogens is 1. The Kier molecular flexibility index (Phi) is 35.5. The van der Waals surface area contributed by atoms with Crippen molar-refractivity contribution in [3.8, 4) is 0 Å². The third-order valence-electron chi connectivity index (χ3n) is 10.4. The lowest BCUT2D eigenvalue weighted by atomic mass is 10.1. The lowest BCUT2D eigenvalue weighted by molar-refractivity contribution is -0.870. The van der Waals surface area contributed by atoms with Crippen LogP contribution in [0.3, 0.4) is 0 Å². The molecule has 352 valence electrons. The molecule has 10 nitrogen and oxygen atoms in total. The molecule has 3 unspecified atom stereocenters. The van der Waals surface area contributed by atoms with Crippen molar-refractivity contribution in [2.24, 2.45) is 0 Å². The lowest BCUT2D eigenvalue weighted by Gasteiger charge is -2.24. The Hall–Kier alpha value is -2.33. The average Bonchev–Trinajstić information content (AvgIpc) is 3.97. The fraction of sp³-hybridized carbons (Fsp3) is 0.760. The number of hydrogen-bond acceptors (Lipinski definition) is 8. The lowest BCUT2D eigenvalue weighted by Crippen LogP contribution is -2.37. The molecule has 11 heteroatoms. The van der Waals surface area contributed by atoms with Gasteiger partial charge in [0.05, 0.1) is 40.0 Å². The Morgan fingerprint density at radius 3 is 1.61 bits per heavy atom. The largest absolute Gasteiger partial charge is 0.472 e. The minimum Gasteiger partial charge on any atom is -0.462 e. The predicted molar refractivity (Wildman–Crippen MR) is 251 cm³/mol. The summed E-state index contributed by atoms with van der Waals surface area (Å²) in [6.45, 7) is 4.28. The fourth-order valence-electron chi connectivity index (χ4n) is 6.49. The van der Waals surface area contributed by atoms with E-state index in [0.29, 0.717) is 23.9 Å². The van der Waals surface area contributed by atoms with Gasteiger partial charge in [-0.2, -0.15) is 0 Å². The molecule has 4 atom stereocenters. The molecule has 0 aliphatic carbocycles. The monoisotopic (exact) mass is 879 g/mol. The van der Waals surface area contributed by atoms with E-state index in [-0.39, 0.29) is 38.3 Å². The van der Waals surface area contributed by atoms with Gasteiger partial charge in [0.25, 0.3) is 0 Å². The van der Waals surface area contributed by atoms with Gasteiger partial charge in [0, 0.05) is 12.8 Å². The van der Waals surface area contributed by atoms with Crippen molar-refractivity contribution in [3.63, 3.8) is 0 Å². The number of ether oxygens (including phenoxy) is 3. The molecule has 0 bridgehead atoms. The van der Waals surface area contributed by atoms with Gasteiger partial charge in [-0.15, -0.1) is 0 Å². The van der Waals surface area contributed by atoms with Crippen LogP contribution in [0.4, 0.5) is 0 Å². The molecule has 0 spiro atoms. The standard InChI is InChI=1S/C50H88NO9P/c1-6-8-10-12-14-16-17-18-19-20-21-22-23-24-25-27-29-31-36-40-49(52)56-44-46(45-58-61(54,55)57-43-42-51(3,4)5)59-50(53)41-37-33-32-35-39-48-47(60-48)38-34-30-28-26-15-13-11-9-7-2/h14-16,18-19,26,30,32,34-35,46-48H,6-13,17,20-25,27-29,31,33,36-45H2,1-5H3/p+1/b16-14-,19-18-,26-15-,34-30-,35-32-/t46-,47?,48?/m1/s1. The molecule has 0 aromatic heterocycles. The summed E-state index contributed by atoms with van der Waals surface area (Å²) in [5, 5.41) is 0. The van der Waals surface area contributed by atoms with Crippen LogP contribution < -0.4 is 0 Å². The summed E-state index contributed by atoms with van der Waals surface area (Å²) in [5.41, 5.74) is 0. The topological polar surface area (TPSA) is 121 Å². The molecule has 1 aliphatic heterocycles. The SMILES string of the molecule is CCCCC/C=C\C/C=C\CCCCCCCCCCCC(=O)OC[C@H](COP(=O)(O)OCC[N+](C)(C)C)OC(=O)CCC/C=C\CC1OC1C/C=C\C/C=C\CCCCC. The van der Waals surface area contributed by atoms with Crippen LogP contribution in [-0.4, -0.2) is 87.1 Å². The summed E-state index contributed by atoms with van der Waals surface area (Å²) < 4.78 is 40.1. The highest BCUT2D eigenvalue weighted by molar-refractivity contribution is 7.47. The van der Waals surface area contributed by atoms with Crippen molar-refractivity contribution < 1.29 is 46.8 Å². The zero-order valence-electron chi connectivity index (χ0n) is 39.3.